The highest BCUT2D eigenvalue weighted by Gasteiger charge is 2.08. The molecule has 4 nitrogen and oxygen atoms in total. The number of rotatable bonds is 5. The van der Waals surface area contributed by atoms with E-state index in [-0.39, 0.29) is 11.7 Å². The third kappa shape index (κ3) is 3.55. The number of unbranched alkanes of at least 4 members (excludes halogenated alkanes) is 1. The molecule has 0 aliphatic heterocycles. The van der Waals surface area contributed by atoms with Crippen LogP contribution in [0.5, 0.6) is 5.75 Å². The van der Waals surface area contributed by atoms with Crippen molar-refractivity contribution in [1.82, 2.24) is 0 Å². The predicted molar refractivity (Wildman–Crippen MR) is 64.4 cm³/mol. The number of hydrogen-bond acceptors (Lipinski definition) is 3. The quantitative estimate of drug-likeness (QED) is 0.523. The van der Waals surface area contributed by atoms with Crippen LogP contribution in [0.2, 0.25) is 0 Å². The number of anilines is 1. The Morgan fingerprint density at radius 3 is 2.81 bits per heavy atom. The minimum atomic E-state index is -0.179. The lowest BCUT2D eigenvalue weighted by atomic mass is 10.1. The van der Waals surface area contributed by atoms with Crippen molar-refractivity contribution >= 4 is 11.6 Å². The van der Waals surface area contributed by atoms with Gasteiger partial charge in [-0.1, -0.05) is 12.1 Å². The number of carbonyl (C=O) groups excluding carboxylic acids is 1. The van der Waals surface area contributed by atoms with Crippen LogP contribution in [0, 0.1) is 0 Å². The maximum absolute atomic E-state index is 11.0. The molecule has 1 aromatic carbocycles. The first-order chi connectivity index (χ1) is 7.65. The lowest BCUT2D eigenvalue weighted by Crippen LogP contribution is -2.08. The number of amides is 1. The summed E-state index contributed by atoms with van der Waals surface area (Å²) in [5.74, 6) is -0.0676. The van der Waals surface area contributed by atoms with Crippen LogP contribution in [0.15, 0.2) is 18.2 Å². The molecular weight excluding hydrogens is 204 g/mol. The zero-order valence-electron chi connectivity index (χ0n) is 9.49. The molecule has 0 aromatic heterocycles. The van der Waals surface area contributed by atoms with Crippen molar-refractivity contribution in [2.45, 2.75) is 26.2 Å². The second-order valence-electron chi connectivity index (χ2n) is 3.74. The van der Waals surface area contributed by atoms with Gasteiger partial charge in [0.05, 0.1) is 5.69 Å². The zero-order chi connectivity index (χ0) is 12.0. The van der Waals surface area contributed by atoms with Gasteiger partial charge in [-0.15, -0.1) is 0 Å². The van der Waals surface area contributed by atoms with Gasteiger partial charge in [0.1, 0.15) is 5.75 Å². The molecule has 4 heteroatoms. The van der Waals surface area contributed by atoms with Crippen LogP contribution in [0.3, 0.4) is 0 Å². The molecule has 0 spiro atoms. The third-order valence-corrected chi connectivity index (χ3v) is 2.33. The van der Waals surface area contributed by atoms with Crippen LogP contribution >= 0.6 is 0 Å². The number of benzene rings is 1. The normalized spacial score (nSPS) is 10.1. The van der Waals surface area contributed by atoms with Gasteiger partial charge < -0.3 is 16.2 Å². The topological polar surface area (TPSA) is 75.3 Å². The predicted octanol–water partition coefficient (Wildman–Crippen LogP) is 1.63. The number of aryl methyl sites for hydroxylation is 1. The summed E-state index contributed by atoms with van der Waals surface area (Å²) in [5.41, 5.74) is 6.89. The fourth-order valence-electron chi connectivity index (χ4n) is 1.58. The van der Waals surface area contributed by atoms with E-state index >= 15 is 0 Å². The van der Waals surface area contributed by atoms with Crippen LogP contribution in [-0.2, 0) is 11.2 Å². The van der Waals surface area contributed by atoms with Gasteiger partial charge in [0, 0.05) is 6.92 Å². The molecular formula is C12H18N2O2. The smallest absolute Gasteiger partial charge is 0.221 e. The maximum atomic E-state index is 11.0. The number of para-hydroxylation sites is 1. The minimum absolute atomic E-state index is 0.112. The first-order valence-electron chi connectivity index (χ1n) is 5.43. The van der Waals surface area contributed by atoms with Gasteiger partial charge in [-0.3, -0.25) is 4.79 Å². The fourth-order valence-corrected chi connectivity index (χ4v) is 1.58. The highest BCUT2D eigenvalue weighted by molar-refractivity contribution is 5.91. The molecule has 0 bridgehead atoms. The third-order valence-electron chi connectivity index (χ3n) is 2.33. The standard InChI is InChI=1S/C12H18N2O2/c1-9(15)14-12-10(5-2-3-8-13)6-4-7-11(12)16/h4,6-7,16H,2-3,5,8,13H2,1H3,(H,14,15). The minimum Gasteiger partial charge on any atom is -0.506 e. The van der Waals surface area contributed by atoms with Crippen molar-refractivity contribution < 1.29 is 9.90 Å². The van der Waals surface area contributed by atoms with Crippen molar-refractivity contribution in [2.24, 2.45) is 5.73 Å². The molecule has 0 saturated heterocycles. The molecule has 1 rings (SSSR count). The first kappa shape index (κ1) is 12.5. The van der Waals surface area contributed by atoms with E-state index in [1.165, 1.54) is 6.92 Å². The van der Waals surface area contributed by atoms with Gasteiger partial charge in [0.25, 0.3) is 0 Å². The summed E-state index contributed by atoms with van der Waals surface area (Å²) < 4.78 is 0. The summed E-state index contributed by atoms with van der Waals surface area (Å²) in [5, 5.41) is 12.3. The molecule has 0 heterocycles. The van der Waals surface area contributed by atoms with Crippen LogP contribution < -0.4 is 11.1 Å². The van der Waals surface area contributed by atoms with Gasteiger partial charge in [-0.05, 0) is 37.4 Å². The van der Waals surface area contributed by atoms with Crippen molar-refractivity contribution in [2.75, 3.05) is 11.9 Å². The van der Waals surface area contributed by atoms with Gasteiger partial charge in [0.2, 0.25) is 5.91 Å². The second kappa shape index (κ2) is 6.12. The number of nitrogens with two attached hydrogens (primary N) is 1. The van der Waals surface area contributed by atoms with E-state index in [0.29, 0.717) is 12.2 Å². The second-order valence-corrected chi connectivity index (χ2v) is 3.74. The average molecular weight is 222 g/mol. The van der Waals surface area contributed by atoms with Crippen LogP contribution in [0.1, 0.15) is 25.3 Å². The zero-order valence-corrected chi connectivity index (χ0v) is 9.49. The Kier molecular flexibility index (Phi) is 4.79. The van der Waals surface area contributed by atoms with E-state index in [9.17, 15) is 9.90 Å². The highest BCUT2D eigenvalue weighted by atomic mass is 16.3. The molecule has 0 aliphatic rings. The molecule has 4 N–H and O–H groups in total. The summed E-state index contributed by atoms with van der Waals surface area (Å²) in [6.07, 6.45) is 2.70. The Labute approximate surface area is 95.5 Å². The maximum Gasteiger partial charge on any atom is 0.221 e. The molecule has 1 amide bonds. The number of phenolic OH excluding ortho intramolecular Hbond substituents is 1. The Bertz CT molecular complexity index is 364. The van der Waals surface area contributed by atoms with Gasteiger partial charge in [0.15, 0.2) is 0 Å². The van der Waals surface area contributed by atoms with Gasteiger partial charge >= 0.3 is 0 Å². The summed E-state index contributed by atoms with van der Waals surface area (Å²) in [7, 11) is 0. The van der Waals surface area contributed by atoms with E-state index in [4.69, 9.17) is 5.73 Å². The largest absolute Gasteiger partial charge is 0.506 e. The summed E-state index contributed by atoms with van der Waals surface area (Å²) in [6.45, 7) is 2.09. The molecule has 0 radical (unpaired) electrons. The van der Waals surface area contributed by atoms with E-state index in [1.54, 1.807) is 12.1 Å². The summed E-state index contributed by atoms with van der Waals surface area (Å²) in [4.78, 5) is 11.0. The van der Waals surface area contributed by atoms with Crippen molar-refractivity contribution in [3.05, 3.63) is 23.8 Å². The van der Waals surface area contributed by atoms with Gasteiger partial charge in [-0.25, -0.2) is 0 Å². The van der Waals surface area contributed by atoms with E-state index in [1.807, 2.05) is 6.07 Å². The van der Waals surface area contributed by atoms with E-state index in [2.05, 4.69) is 5.32 Å². The van der Waals surface area contributed by atoms with Gasteiger partial charge in [-0.2, -0.15) is 0 Å². The molecule has 16 heavy (non-hydrogen) atoms. The van der Waals surface area contributed by atoms with E-state index < -0.39 is 0 Å². The van der Waals surface area contributed by atoms with Crippen molar-refractivity contribution in [3.8, 4) is 5.75 Å². The number of nitrogens with one attached hydrogen (secondary N) is 1. The summed E-state index contributed by atoms with van der Waals surface area (Å²) in [6, 6.07) is 5.25. The Hall–Kier alpha value is -1.55. The monoisotopic (exact) mass is 222 g/mol. The van der Waals surface area contributed by atoms with Crippen molar-refractivity contribution in [1.29, 1.82) is 0 Å². The Balaban J connectivity index is 2.80. The first-order valence-corrected chi connectivity index (χ1v) is 5.43. The van der Waals surface area contributed by atoms with Crippen LogP contribution in [0.25, 0.3) is 0 Å². The Morgan fingerprint density at radius 2 is 2.19 bits per heavy atom. The molecule has 0 atom stereocenters. The number of aromatic hydroxyl groups is 1. The summed E-state index contributed by atoms with van der Waals surface area (Å²) >= 11 is 0. The molecule has 0 fully saturated rings. The SMILES string of the molecule is CC(=O)Nc1c(O)cccc1CCCCN. The molecule has 0 saturated carbocycles. The van der Waals surface area contributed by atoms with E-state index in [0.717, 1.165) is 24.8 Å². The highest BCUT2D eigenvalue weighted by Crippen LogP contribution is 2.28. The number of hydrogen-bond donors (Lipinski definition) is 3. The lowest BCUT2D eigenvalue weighted by molar-refractivity contribution is -0.114. The van der Waals surface area contributed by atoms with Crippen LogP contribution in [0.4, 0.5) is 5.69 Å². The molecule has 1 aromatic rings. The van der Waals surface area contributed by atoms with Crippen LogP contribution in [-0.4, -0.2) is 17.6 Å². The fraction of sp³-hybridized carbons (Fsp3) is 0.417. The lowest BCUT2D eigenvalue weighted by Gasteiger charge is -2.11. The molecule has 88 valence electrons. The Morgan fingerprint density at radius 1 is 1.44 bits per heavy atom. The molecule has 0 unspecified atom stereocenters. The molecule has 0 aliphatic carbocycles. The average Bonchev–Trinajstić information content (AvgIpc) is 2.23. The number of phenols is 1. The van der Waals surface area contributed by atoms with Crippen molar-refractivity contribution in [3.63, 3.8) is 0 Å². The number of carbonyl (C=O) groups is 1.